The van der Waals surface area contributed by atoms with E-state index in [-0.39, 0.29) is 0 Å². The van der Waals surface area contributed by atoms with Gasteiger partial charge in [-0.25, -0.2) is 0 Å². The molecule has 0 spiro atoms. The number of hydrogen-bond donors (Lipinski definition) is 0. The van der Waals surface area contributed by atoms with Gasteiger partial charge in [-0.15, -0.1) is 15.0 Å². The molecule has 18 heavy (non-hydrogen) atoms. The predicted molar refractivity (Wildman–Crippen MR) is 67.1 cm³/mol. The lowest BCUT2D eigenvalue weighted by Gasteiger charge is -1.98. The average Bonchev–Trinajstić information content (AvgIpc) is 2.90. The Morgan fingerprint density at radius 1 is 0.944 bits per heavy atom. The topological polar surface area (TPSA) is 56.5 Å². The molecule has 5 heteroatoms. The van der Waals surface area contributed by atoms with Crippen LogP contribution in [0, 0.1) is 6.92 Å². The Balaban J connectivity index is 1.97. The van der Waals surface area contributed by atoms with E-state index in [4.69, 9.17) is 0 Å². The van der Waals surface area contributed by atoms with Crippen molar-refractivity contribution in [1.29, 1.82) is 0 Å². The molecular formula is C13H11N5. The van der Waals surface area contributed by atoms with Crippen molar-refractivity contribution < 1.29 is 0 Å². The first-order chi connectivity index (χ1) is 8.83. The third-order valence-corrected chi connectivity index (χ3v) is 2.62. The summed E-state index contributed by atoms with van der Waals surface area (Å²) in [5.41, 5.74) is 3.00. The SMILES string of the molecule is Cc1ccc(-n2nnc(-c3ccncc3)n2)cc1. The van der Waals surface area contributed by atoms with E-state index < -0.39 is 0 Å². The Labute approximate surface area is 104 Å². The second-order valence-electron chi connectivity index (χ2n) is 3.97. The van der Waals surface area contributed by atoms with Crippen LogP contribution in [0.3, 0.4) is 0 Å². The van der Waals surface area contributed by atoms with Crippen LogP contribution in [0.1, 0.15) is 5.56 Å². The van der Waals surface area contributed by atoms with E-state index in [1.807, 2.05) is 43.3 Å². The molecule has 2 aromatic heterocycles. The predicted octanol–water partition coefficient (Wildman–Crippen LogP) is 2.03. The first-order valence-corrected chi connectivity index (χ1v) is 5.60. The van der Waals surface area contributed by atoms with E-state index in [0.717, 1.165) is 11.3 Å². The molecule has 0 radical (unpaired) electrons. The summed E-state index contributed by atoms with van der Waals surface area (Å²) < 4.78 is 0. The van der Waals surface area contributed by atoms with Gasteiger partial charge in [0.1, 0.15) is 0 Å². The molecular weight excluding hydrogens is 226 g/mol. The number of aromatic nitrogens is 5. The third-order valence-electron chi connectivity index (χ3n) is 2.62. The van der Waals surface area contributed by atoms with Crippen LogP contribution in [0.5, 0.6) is 0 Å². The highest BCUT2D eigenvalue weighted by Crippen LogP contribution is 2.13. The molecule has 5 nitrogen and oxygen atoms in total. The van der Waals surface area contributed by atoms with Crippen molar-refractivity contribution in [3.8, 4) is 17.1 Å². The van der Waals surface area contributed by atoms with E-state index in [0.29, 0.717) is 5.82 Å². The summed E-state index contributed by atoms with van der Waals surface area (Å²) in [5, 5.41) is 12.4. The van der Waals surface area contributed by atoms with Crippen LogP contribution in [0.4, 0.5) is 0 Å². The number of benzene rings is 1. The summed E-state index contributed by atoms with van der Waals surface area (Å²) in [6.07, 6.45) is 3.42. The van der Waals surface area contributed by atoms with Gasteiger partial charge in [0, 0.05) is 18.0 Å². The molecule has 0 aliphatic rings. The van der Waals surface area contributed by atoms with Crippen molar-refractivity contribution in [2.45, 2.75) is 6.92 Å². The standard InChI is InChI=1S/C13H11N5/c1-10-2-4-12(5-3-10)18-16-13(15-17-18)11-6-8-14-9-7-11/h2-9H,1H3. The van der Waals surface area contributed by atoms with Crippen molar-refractivity contribution in [1.82, 2.24) is 25.2 Å². The molecule has 0 amide bonds. The lowest BCUT2D eigenvalue weighted by molar-refractivity contribution is 0.720. The zero-order valence-electron chi connectivity index (χ0n) is 9.85. The molecule has 0 aliphatic heterocycles. The van der Waals surface area contributed by atoms with Gasteiger partial charge < -0.3 is 0 Å². The normalized spacial score (nSPS) is 10.5. The van der Waals surface area contributed by atoms with E-state index >= 15 is 0 Å². The van der Waals surface area contributed by atoms with E-state index in [1.165, 1.54) is 10.4 Å². The summed E-state index contributed by atoms with van der Waals surface area (Å²) in [5.74, 6) is 0.595. The largest absolute Gasteiger partial charge is 0.265 e. The number of hydrogen-bond acceptors (Lipinski definition) is 4. The molecule has 0 aliphatic carbocycles. The molecule has 3 rings (SSSR count). The highest BCUT2D eigenvalue weighted by molar-refractivity contribution is 5.52. The summed E-state index contributed by atoms with van der Waals surface area (Å²) in [6, 6.07) is 11.7. The summed E-state index contributed by atoms with van der Waals surface area (Å²) >= 11 is 0. The molecule has 88 valence electrons. The molecule has 3 aromatic rings. The summed E-state index contributed by atoms with van der Waals surface area (Å²) in [7, 11) is 0. The number of rotatable bonds is 2. The third kappa shape index (κ3) is 1.98. The Kier molecular flexibility index (Phi) is 2.57. The Morgan fingerprint density at radius 3 is 2.39 bits per heavy atom. The van der Waals surface area contributed by atoms with Crippen LogP contribution in [-0.2, 0) is 0 Å². The molecule has 0 N–H and O–H groups in total. The fraction of sp³-hybridized carbons (Fsp3) is 0.0769. The quantitative estimate of drug-likeness (QED) is 0.684. The molecule has 0 saturated carbocycles. The number of nitrogens with zero attached hydrogens (tertiary/aromatic N) is 5. The number of tetrazole rings is 1. The van der Waals surface area contributed by atoms with E-state index in [9.17, 15) is 0 Å². The fourth-order valence-electron chi connectivity index (χ4n) is 1.62. The van der Waals surface area contributed by atoms with Crippen LogP contribution >= 0.6 is 0 Å². The van der Waals surface area contributed by atoms with Gasteiger partial charge in [-0.2, -0.15) is 0 Å². The summed E-state index contributed by atoms with van der Waals surface area (Å²) in [6.45, 7) is 2.04. The Bertz CT molecular complexity index is 643. The minimum absolute atomic E-state index is 0.595. The second kappa shape index (κ2) is 4.37. The monoisotopic (exact) mass is 237 g/mol. The number of pyridine rings is 1. The van der Waals surface area contributed by atoms with Crippen molar-refractivity contribution in [3.05, 3.63) is 54.4 Å². The molecule has 2 heterocycles. The lowest BCUT2D eigenvalue weighted by Crippen LogP contribution is -1.98. The minimum atomic E-state index is 0.595. The van der Waals surface area contributed by atoms with E-state index in [2.05, 4.69) is 20.4 Å². The fourth-order valence-corrected chi connectivity index (χ4v) is 1.62. The van der Waals surface area contributed by atoms with Crippen LogP contribution < -0.4 is 0 Å². The molecule has 0 unspecified atom stereocenters. The van der Waals surface area contributed by atoms with E-state index in [1.54, 1.807) is 12.4 Å². The van der Waals surface area contributed by atoms with Gasteiger partial charge in [0.25, 0.3) is 0 Å². The highest BCUT2D eigenvalue weighted by Gasteiger charge is 2.06. The average molecular weight is 237 g/mol. The lowest BCUT2D eigenvalue weighted by atomic mass is 10.2. The van der Waals surface area contributed by atoms with Crippen molar-refractivity contribution in [3.63, 3.8) is 0 Å². The molecule has 0 saturated heterocycles. The highest BCUT2D eigenvalue weighted by atomic mass is 15.6. The van der Waals surface area contributed by atoms with Gasteiger partial charge in [-0.05, 0) is 36.4 Å². The first kappa shape index (κ1) is 10.6. The first-order valence-electron chi connectivity index (χ1n) is 5.60. The molecule has 0 bridgehead atoms. The number of aryl methyl sites for hydroxylation is 1. The van der Waals surface area contributed by atoms with Gasteiger partial charge >= 0.3 is 0 Å². The maximum Gasteiger partial charge on any atom is 0.205 e. The van der Waals surface area contributed by atoms with Gasteiger partial charge in [0.05, 0.1) is 5.69 Å². The van der Waals surface area contributed by atoms with Gasteiger partial charge in [0.15, 0.2) is 0 Å². The minimum Gasteiger partial charge on any atom is -0.265 e. The molecule has 0 fully saturated rings. The van der Waals surface area contributed by atoms with Crippen LogP contribution in [0.15, 0.2) is 48.8 Å². The van der Waals surface area contributed by atoms with Crippen molar-refractivity contribution in [2.75, 3.05) is 0 Å². The summed E-state index contributed by atoms with van der Waals surface area (Å²) in [4.78, 5) is 5.49. The van der Waals surface area contributed by atoms with Gasteiger partial charge in [0.2, 0.25) is 5.82 Å². The van der Waals surface area contributed by atoms with Gasteiger partial charge in [-0.3, -0.25) is 4.98 Å². The Hall–Kier alpha value is -2.56. The van der Waals surface area contributed by atoms with Gasteiger partial charge in [-0.1, -0.05) is 17.7 Å². The maximum atomic E-state index is 4.35. The second-order valence-corrected chi connectivity index (χ2v) is 3.97. The van der Waals surface area contributed by atoms with Crippen molar-refractivity contribution >= 4 is 0 Å². The molecule has 0 atom stereocenters. The molecule has 1 aromatic carbocycles. The maximum absolute atomic E-state index is 4.35. The van der Waals surface area contributed by atoms with Crippen LogP contribution in [0.2, 0.25) is 0 Å². The van der Waals surface area contributed by atoms with Crippen LogP contribution in [0.25, 0.3) is 17.1 Å². The zero-order valence-corrected chi connectivity index (χ0v) is 9.85. The zero-order chi connectivity index (χ0) is 12.4. The van der Waals surface area contributed by atoms with Crippen molar-refractivity contribution in [2.24, 2.45) is 0 Å². The van der Waals surface area contributed by atoms with Crippen LogP contribution in [-0.4, -0.2) is 25.2 Å². The smallest absolute Gasteiger partial charge is 0.205 e. The Morgan fingerprint density at radius 2 is 1.67 bits per heavy atom.